The number of carbonyl (C=O) groups excluding carboxylic acids is 2. The van der Waals surface area contributed by atoms with Gasteiger partial charge in [-0.25, -0.2) is 4.90 Å². The van der Waals surface area contributed by atoms with Crippen molar-refractivity contribution in [3.8, 4) is 0 Å². The molecule has 2 amide bonds. The van der Waals surface area contributed by atoms with E-state index in [-0.39, 0.29) is 11.8 Å². The number of carbonyl (C=O) groups is 2. The molecule has 2 aromatic carbocycles. The van der Waals surface area contributed by atoms with Gasteiger partial charge in [-0.1, -0.05) is 41.1 Å². The maximum atomic E-state index is 13.4. The van der Waals surface area contributed by atoms with Crippen LogP contribution in [-0.2, 0) is 14.3 Å². The normalized spacial score (nSPS) is 17.5. The van der Waals surface area contributed by atoms with Crippen molar-refractivity contribution < 1.29 is 14.3 Å². The van der Waals surface area contributed by atoms with Gasteiger partial charge in [-0.15, -0.1) is 0 Å². The monoisotopic (exact) mass is 428 g/mol. The van der Waals surface area contributed by atoms with E-state index < -0.39 is 0 Å². The zero-order chi connectivity index (χ0) is 20.5. The first-order chi connectivity index (χ1) is 14.0. The number of ether oxygens (including phenoxy) is 1. The SMILES string of the molecule is Cc1ccc(N2C(=O)C(Sc3ccc(Cl)cc3)=C(N3CCOCC3)C2=O)c(C)c1. The van der Waals surface area contributed by atoms with Gasteiger partial charge in [0.2, 0.25) is 0 Å². The van der Waals surface area contributed by atoms with Gasteiger partial charge in [-0.3, -0.25) is 9.59 Å². The second kappa shape index (κ2) is 8.22. The third-order valence-electron chi connectivity index (χ3n) is 4.97. The predicted octanol–water partition coefficient (Wildman–Crippen LogP) is 4.17. The standard InChI is InChI=1S/C22H21ClN2O3S/c1-14-3-8-18(15(2)13-14)25-21(26)19(24-9-11-28-12-10-24)20(22(25)27)29-17-6-4-16(23)5-7-17/h3-8,13H,9-12H2,1-2H3. The van der Waals surface area contributed by atoms with Gasteiger partial charge in [-0.2, -0.15) is 0 Å². The molecule has 1 saturated heterocycles. The summed E-state index contributed by atoms with van der Waals surface area (Å²) in [5.74, 6) is -0.566. The average molecular weight is 429 g/mol. The van der Waals surface area contributed by atoms with Gasteiger partial charge in [0.15, 0.2) is 0 Å². The summed E-state index contributed by atoms with van der Waals surface area (Å²) in [6.45, 7) is 6.14. The molecule has 0 atom stereocenters. The number of amides is 2. The van der Waals surface area contributed by atoms with E-state index in [1.54, 1.807) is 12.1 Å². The molecule has 0 spiro atoms. The highest BCUT2D eigenvalue weighted by atomic mass is 35.5. The van der Waals surface area contributed by atoms with E-state index in [1.807, 2.05) is 49.1 Å². The van der Waals surface area contributed by atoms with E-state index in [0.29, 0.717) is 47.6 Å². The molecule has 150 valence electrons. The van der Waals surface area contributed by atoms with E-state index in [4.69, 9.17) is 16.3 Å². The fourth-order valence-corrected chi connectivity index (χ4v) is 4.68. The zero-order valence-electron chi connectivity index (χ0n) is 16.3. The fourth-order valence-electron chi connectivity index (χ4n) is 3.55. The van der Waals surface area contributed by atoms with Crippen molar-refractivity contribution >= 4 is 40.9 Å². The van der Waals surface area contributed by atoms with Crippen LogP contribution in [0.5, 0.6) is 0 Å². The lowest BCUT2D eigenvalue weighted by Gasteiger charge is -2.29. The molecule has 0 unspecified atom stereocenters. The molecule has 0 N–H and O–H groups in total. The lowest BCUT2D eigenvalue weighted by molar-refractivity contribution is -0.121. The topological polar surface area (TPSA) is 49.9 Å². The molecule has 2 aromatic rings. The first kappa shape index (κ1) is 20.0. The molecule has 2 heterocycles. The number of hydrogen-bond donors (Lipinski definition) is 0. The molecular formula is C22H21ClN2O3S. The van der Waals surface area contributed by atoms with Crippen LogP contribution in [0.1, 0.15) is 11.1 Å². The third kappa shape index (κ3) is 3.92. The Labute approximate surface area is 179 Å². The van der Waals surface area contributed by atoms with Gasteiger partial charge in [0.25, 0.3) is 11.8 Å². The lowest BCUT2D eigenvalue weighted by atomic mass is 10.1. The van der Waals surface area contributed by atoms with Crippen LogP contribution in [0, 0.1) is 13.8 Å². The quantitative estimate of drug-likeness (QED) is 0.684. The Hall–Kier alpha value is -2.28. The molecule has 7 heteroatoms. The molecule has 2 aliphatic rings. The Kier molecular flexibility index (Phi) is 5.67. The summed E-state index contributed by atoms with van der Waals surface area (Å²) in [7, 11) is 0. The minimum absolute atomic E-state index is 0.277. The van der Waals surface area contributed by atoms with Crippen LogP contribution >= 0.6 is 23.4 Å². The van der Waals surface area contributed by atoms with Crippen molar-refractivity contribution in [2.45, 2.75) is 18.7 Å². The zero-order valence-corrected chi connectivity index (χ0v) is 17.8. The Morgan fingerprint density at radius 1 is 0.966 bits per heavy atom. The summed E-state index contributed by atoms with van der Waals surface area (Å²) in [5.41, 5.74) is 3.06. The van der Waals surface area contributed by atoms with Crippen LogP contribution in [0.4, 0.5) is 5.69 Å². The highest BCUT2D eigenvalue weighted by Gasteiger charge is 2.43. The number of benzene rings is 2. The third-order valence-corrected chi connectivity index (χ3v) is 6.30. The maximum Gasteiger partial charge on any atom is 0.283 e. The van der Waals surface area contributed by atoms with E-state index in [0.717, 1.165) is 16.0 Å². The molecule has 4 rings (SSSR count). The van der Waals surface area contributed by atoms with E-state index in [2.05, 4.69) is 0 Å². The fraction of sp³-hybridized carbons (Fsp3) is 0.273. The number of anilines is 1. The molecule has 1 fully saturated rings. The van der Waals surface area contributed by atoms with Crippen LogP contribution in [0.15, 0.2) is 58.0 Å². The number of imide groups is 1. The number of nitrogens with zero attached hydrogens (tertiary/aromatic N) is 2. The number of aryl methyl sites for hydroxylation is 2. The highest BCUT2D eigenvalue weighted by molar-refractivity contribution is 8.04. The van der Waals surface area contributed by atoms with Crippen molar-refractivity contribution in [1.29, 1.82) is 0 Å². The van der Waals surface area contributed by atoms with E-state index >= 15 is 0 Å². The molecule has 29 heavy (non-hydrogen) atoms. The molecule has 0 bridgehead atoms. The Balaban J connectivity index is 1.75. The van der Waals surface area contributed by atoms with Crippen LogP contribution in [0.2, 0.25) is 5.02 Å². The predicted molar refractivity (Wildman–Crippen MR) is 115 cm³/mol. The van der Waals surface area contributed by atoms with Crippen LogP contribution in [0.25, 0.3) is 0 Å². The number of rotatable bonds is 4. The number of morpholine rings is 1. The summed E-state index contributed by atoms with van der Waals surface area (Å²) in [4.78, 5) is 31.4. The molecule has 2 aliphatic heterocycles. The molecule has 0 aliphatic carbocycles. The van der Waals surface area contributed by atoms with Gasteiger partial charge in [-0.05, 0) is 49.7 Å². The van der Waals surface area contributed by atoms with E-state index in [1.165, 1.54) is 16.7 Å². The van der Waals surface area contributed by atoms with Crippen molar-refractivity contribution in [2.24, 2.45) is 0 Å². The summed E-state index contributed by atoms with van der Waals surface area (Å²) in [6.07, 6.45) is 0. The minimum atomic E-state index is -0.289. The summed E-state index contributed by atoms with van der Waals surface area (Å²) in [5, 5.41) is 0.627. The number of hydrogen-bond acceptors (Lipinski definition) is 5. The molecule has 0 aromatic heterocycles. The number of thioether (sulfide) groups is 1. The highest BCUT2D eigenvalue weighted by Crippen LogP contribution is 2.40. The molecule has 0 radical (unpaired) electrons. The maximum absolute atomic E-state index is 13.4. The van der Waals surface area contributed by atoms with Crippen LogP contribution in [-0.4, -0.2) is 43.0 Å². The second-order valence-corrected chi connectivity index (χ2v) is 8.59. The van der Waals surface area contributed by atoms with Gasteiger partial charge < -0.3 is 9.64 Å². The van der Waals surface area contributed by atoms with Crippen molar-refractivity contribution in [3.63, 3.8) is 0 Å². The second-order valence-electron chi connectivity index (χ2n) is 7.07. The molecular weight excluding hydrogens is 408 g/mol. The molecule has 0 saturated carbocycles. The van der Waals surface area contributed by atoms with Crippen molar-refractivity contribution in [1.82, 2.24) is 4.90 Å². The number of halogens is 1. The summed E-state index contributed by atoms with van der Waals surface area (Å²) < 4.78 is 5.44. The van der Waals surface area contributed by atoms with Gasteiger partial charge in [0, 0.05) is 23.0 Å². The van der Waals surface area contributed by atoms with E-state index in [9.17, 15) is 9.59 Å². The smallest absolute Gasteiger partial charge is 0.283 e. The molecule has 5 nitrogen and oxygen atoms in total. The Morgan fingerprint density at radius 2 is 1.66 bits per heavy atom. The summed E-state index contributed by atoms with van der Waals surface area (Å²) in [6, 6.07) is 13.0. The average Bonchev–Trinajstić information content (AvgIpc) is 2.94. The van der Waals surface area contributed by atoms with Gasteiger partial charge in [0.05, 0.1) is 18.9 Å². The minimum Gasteiger partial charge on any atom is -0.378 e. The van der Waals surface area contributed by atoms with Crippen molar-refractivity contribution in [2.75, 3.05) is 31.2 Å². The lowest BCUT2D eigenvalue weighted by Crippen LogP contribution is -2.40. The Morgan fingerprint density at radius 3 is 2.31 bits per heavy atom. The first-order valence-electron chi connectivity index (χ1n) is 9.42. The largest absolute Gasteiger partial charge is 0.378 e. The van der Waals surface area contributed by atoms with Crippen molar-refractivity contribution in [3.05, 3.63) is 69.2 Å². The van der Waals surface area contributed by atoms with Crippen LogP contribution in [0.3, 0.4) is 0 Å². The van der Waals surface area contributed by atoms with Gasteiger partial charge >= 0.3 is 0 Å². The van der Waals surface area contributed by atoms with Gasteiger partial charge in [0.1, 0.15) is 10.6 Å². The first-order valence-corrected chi connectivity index (χ1v) is 10.6. The summed E-state index contributed by atoms with van der Waals surface area (Å²) >= 11 is 7.30. The van der Waals surface area contributed by atoms with Crippen LogP contribution < -0.4 is 4.90 Å². The Bertz CT molecular complexity index is 998.